The van der Waals surface area contributed by atoms with Gasteiger partial charge in [0.1, 0.15) is 0 Å². The lowest BCUT2D eigenvalue weighted by atomic mass is 9.95. The molecule has 0 aromatic carbocycles. The van der Waals surface area contributed by atoms with Gasteiger partial charge in [0, 0.05) is 6.04 Å². The highest BCUT2D eigenvalue weighted by molar-refractivity contribution is 5.70. The van der Waals surface area contributed by atoms with Gasteiger partial charge in [-0.3, -0.25) is 4.79 Å². The second-order valence-electron chi connectivity index (χ2n) is 5.27. The van der Waals surface area contributed by atoms with Crippen LogP contribution in [0.25, 0.3) is 0 Å². The highest BCUT2D eigenvalue weighted by Gasteiger charge is 2.40. The molecule has 1 heterocycles. The van der Waals surface area contributed by atoms with Crippen LogP contribution in [0, 0.1) is 17.8 Å². The van der Waals surface area contributed by atoms with Crippen LogP contribution in [0.5, 0.6) is 0 Å². The van der Waals surface area contributed by atoms with Crippen molar-refractivity contribution in [1.29, 1.82) is 0 Å². The lowest BCUT2D eigenvalue weighted by Crippen LogP contribution is -2.42. The highest BCUT2D eigenvalue weighted by atomic mass is 16.4. The standard InChI is InChI=1S/C12H21NO2/c1-8-7-11(8)9(2)13-5-3-10(4-6-13)12(14)15/h8-11H,3-7H2,1-2H3,(H,14,15). The average molecular weight is 211 g/mol. The first-order valence-electron chi connectivity index (χ1n) is 6.06. The van der Waals surface area contributed by atoms with Crippen molar-refractivity contribution in [3.8, 4) is 0 Å². The van der Waals surface area contributed by atoms with E-state index in [0.29, 0.717) is 6.04 Å². The van der Waals surface area contributed by atoms with E-state index in [1.165, 1.54) is 6.42 Å². The zero-order chi connectivity index (χ0) is 11.0. The van der Waals surface area contributed by atoms with E-state index in [9.17, 15) is 4.79 Å². The Morgan fingerprint density at radius 3 is 2.33 bits per heavy atom. The van der Waals surface area contributed by atoms with Gasteiger partial charge in [-0.1, -0.05) is 6.92 Å². The first-order chi connectivity index (χ1) is 7.09. The van der Waals surface area contributed by atoms with Gasteiger partial charge in [-0.15, -0.1) is 0 Å². The Morgan fingerprint density at radius 2 is 1.93 bits per heavy atom. The van der Waals surface area contributed by atoms with Crippen molar-refractivity contribution in [3.63, 3.8) is 0 Å². The van der Waals surface area contributed by atoms with Gasteiger partial charge in [0.2, 0.25) is 0 Å². The maximum absolute atomic E-state index is 10.8. The molecule has 0 bridgehead atoms. The number of carboxylic acid groups (broad SMARTS) is 1. The lowest BCUT2D eigenvalue weighted by Gasteiger charge is -2.35. The molecule has 0 aromatic heterocycles. The molecule has 3 heteroatoms. The van der Waals surface area contributed by atoms with Crippen molar-refractivity contribution in [2.45, 2.75) is 39.2 Å². The summed E-state index contributed by atoms with van der Waals surface area (Å²) in [7, 11) is 0. The Bertz CT molecular complexity index is 246. The van der Waals surface area contributed by atoms with Gasteiger partial charge in [-0.25, -0.2) is 0 Å². The summed E-state index contributed by atoms with van der Waals surface area (Å²) in [6.45, 7) is 6.56. The summed E-state index contributed by atoms with van der Waals surface area (Å²) in [5, 5.41) is 8.91. The number of carbonyl (C=O) groups is 1. The van der Waals surface area contributed by atoms with Crippen molar-refractivity contribution >= 4 is 5.97 Å². The third-order valence-electron chi connectivity index (χ3n) is 4.25. The first-order valence-corrected chi connectivity index (χ1v) is 6.06. The van der Waals surface area contributed by atoms with Crippen molar-refractivity contribution in [2.75, 3.05) is 13.1 Å². The van der Waals surface area contributed by atoms with Gasteiger partial charge in [0.05, 0.1) is 5.92 Å². The number of hydrogen-bond donors (Lipinski definition) is 1. The molecular formula is C12H21NO2. The molecule has 86 valence electrons. The summed E-state index contributed by atoms with van der Waals surface area (Å²) in [5.74, 6) is 1.05. The Morgan fingerprint density at radius 1 is 1.40 bits per heavy atom. The molecule has 15 heavy (non-hydrogen) atoms. The van der Waals surface area contributed by atoms with Gasteiger partial charge in [-0.05, 0) is 51.1 Å². The van der Waals surface area contributed by atoms with Crippen LogP contribution in [0.1, 0.15) is 33.1 Å². The molecule has 0 aromatic rings. The van der Waals surface area contributed by atoms with Crippen LogP contribution in [0.15, 0.2) is 0 Å². The minimum Gasteiger partial charge on any atom is -0.481 e. The van der Waals surface area contributed by atoms with Crippen molar-refractivity contribution in [2.24, 2.45) is 17.8 Å². The van der Waals surface area contributed by atoms with Crippen LogP contribution in [0.2, 0.25) is 0 Å². The van der Waals surface area contributed by atoms with Crippen LogP contribution < -0.4 is 0 Å². The van der Waals surface area contributed by atoms with Crippen LogP contribution in [0.3, 0.4) is 0 Å². The highest BCUT2D eigenvalue weighted by Crippen LogP contribution is 2.42. The molecule has 1 saturated heterocycles. The van der Waals surface area contributed by atoms with Gasteiger partial charge < -0.3 is 10.0 Å². The van der Waals surface area contributed by atoms with Crippen molar-refractivity contribution in [1.82, 2.24) is 4.90 Å². The van der Waals surface area contributed by atoms with Gasteiger partial charge in [0.15, 0.2) is 0 Å². The molecule has 0 spiro atoms. The predicted octanol–water partition coefficient (Wildman–Crippen LogP) is 1.83. The fourth-order valence-corrected chi connectivity index (χ4v) is 2.85. The van der Waals surface area contributed by atoms with E-state index < -0.39 is 5.97 Å². The molecular weight excluding hydrogens is 190 g/mol. The van der Waals surface area contributed by atoms with Crippen LogP contribution >= 0.6 is 0 Å². The number of hydrogen-bond acceptors (Lipinski definition) is 2. The predicted molar refractivity (Wildman–Crippen MR) is 58.7 cm³/mol. The van der Waals surface area contributed by atoms with E-state index in [1.54, 1.807) is 0 Å². The smallest absolute Gasteiger partial charge is 0.306 e. The van der Waals surface area contributed by atoms with E-state index >= 15 is 0 Å². The first kappa shape index (κ1) is 10.9. The van der Waals surface area contributed by atoms with E-state index in [0.717, 1.165) is 37.8 Å². The van der Waals surface area contributed by atoms with Crippen molar-refractivity contribution < 1.29 is 9.90 Å². The molecule has 2 aliphatic rings. The average Bonchev–Trinajstić information content (AvgIpc) is 2.94. The molecule has 1 N–H and O–H groups in total. The molecule has 3 unspecified atom stereocenters. The third kappa shape index (κ3) is 2.33. The molecule has 1 aliphatic heterocycles. The van der Waals surface area contributed by atoms with Crippen LogP contribution in [-0.4, -0.2) is 35.1 Å². The molecule has 2 fully saturated rings. The summed E-state index contributed by atoms with van der Waals surface area (Å²) in [5.41, 5.74) is 0. The SMILES string of the molecule is CC1CC1C(C)N1CCC(C(=O)O)CC1. The number of likely N-dealkylation sites (tertiary alicyclic amines) is 1. The minimum atomic E-state index is -0.609. The number of nitrogens with zero attached hydrogens (tertiary/aromatic N) is 1. The fourth-order valence-electron chi connectivity index (χ4n) is 2.85. The summed E-state index contributed by atoms with van der Waals surface area (Å²) in [6, 6.07) is 0.662. The maximum atomic E-state index is 10.8. The minimum absolute atomic E-state index is 0.0925. The summed E-state index contributed by atoms with van der Waals surface area (Å²) >= 11 is 0. The van der Waals surface area contributed by atoms with E-state index in [1.807, 2.05) is 0 Å². The molecule has 3 atom stereocenters. The Balaban J connectivity index is 1.80. The summed E-state index contributed by atoms with van der Waals surface area (Å²) in [6.07, 6.45) is 3.03. The second kappa shape index (κ2) is 4.12. The summed E-state index contributed by atoms with van der Waals surface area (Å²) < 4.78 is 0. The molecule has 0 radical (unpaired) electrons. The topological polar surface area (TPSA) is 40.5 Å². The molecule has 2 rings (SSSR count). The normalized spacial score (nSPS) is 35.1. The van der Waals surface area contributed by atoms with Crippen molar-refractivity contribution in [3.05, 3.63) is 0 Å². The molecule has 1 saturated carbocycles. The second-order valence-corrected chi connectivity index (χ2v) is 5.27. The third-order valence-corrected chi connectivity index (χ3v) is 4.25. The fraction of sp³-hybridized carbons (Fsp3) is 0.917. The number of aliphatic carboxylic acids is 1. The van der Waals surface area contributed by atoms with E-state index in [-0.39, 0.29) is 5.92 Å². The Labute approximate surface area is 91.5 Å². The zero-order valence-electron chi connectivity index (χ0n) is 9.65. The van der Waals surface area contributed by atoms with E-state index in [4.69, 9.17) is 5.11 Å². The molecule has 3 nitrogen and oxygen atoms in total. The summed E-state index contributed by atoms with van der Waals surface area (Å²) in [4.78, 5) is 13.3. The number of rotatable bonds is 3. The quantitative estimate of drug-likeness (QED) is 0.774. The molecule has 1 aliphatic carbocycles. The number of carboxylic acids is 1. The largest absolute Gasteiger partial charge is 0.481 e. The van der Waals surface area contributed by atoms with Crippen LogP contribution in [0.4, 0.5) is 0 Å². The lowest BCUT2D eigenvalue weighted by molar-refractivity contribution is -0.143. The Kier molecular flexibility index (Phi) is 3.01. The van der Waals surface area contributed by atoms with Crippen LogP contribution in [-0.2, 0) is 4.79 Å². The number of piperidine rings is 1. The monoisotopic (exact) mass is 211 g/mol. The molecule has 0 amide bonds. The Hall–Kier alpha value is -0.570. The van der Waals surface area contributed by atoms with Gasteiger partial charge in [-0.2, -0.15) is 0 Å². The van der Waals surface area contributed by atoms with Gasteiger partial charge >= 0.3 is 5.97 Å². The van der Waals surface area contributed by atoms with E-state index in [2.05, 4.69) is 18.7 Å². The maximum Gasteiger partial charge on any atom is 0.306 e. The zero-order valence-corrected chi connectivity index (χ0v) is 9.65. The van der Waals surface area contributed by atoms with Gasteiger partial charge in [0.25, 0.3) is 0 Å².